The van der Waals surface area contributed by atoms with Crippen LogP contribution in [0.15, 0.2) is 78.4 Å². The van der Waals surface area contributed by atoms with E-state index in [1.807, 2.05) is 54.6 Å². The van der Waals surface area contributed by atoms with Crippen LogP contribution >= 0.6 is 0 Å². The summed E-state index contributed by atoms with van der Waals surface area (Å²) < 4.78 is 17.2. The Kier molecular flexibility index (Phi) is 7.63. The fourth-order valence-electron chi connectivity index (χ4n) is 4.83. The van der Waals surface area contributed by atoms with Gasteiger partial charge in [0.2, 0.25) is 0 Å². The zero-order chi connectivity index (χ0) is 26.5. The van der Waals surface area contributed by atoms with Crippen molar-refractivity contribution in [3.63, 3.8) is 0 Å². The molecule has 1 fully saturated rings. The Morgan fingerprint density at radius 2 is 1.74 bits per heavy atom. The van der Waals surface area contributed by atoms with Crippen molar-refractivity contribution in [3.05, 3.63) is 95.1 Å². The summed E-state index contributed by atoms with van der Waals surface area (Å²) in [6.07, 6.45) is 3.11. The summed E-state index contributed by atoms with van der Waals surface area (Å²) in [5, 5.41) is 11.4. The fourth-order valence-corrected chi connectivity index (χ4v) is 4.83. The lowest BCUT2D eigenvalue weighted by atomic mass is 9.94. The number of likely N-dealkylation sites (tertiary alicyclic amines) is 1. The Bertz CT molecular complexity index is 1350. The molecule has 0 saturated carbocycles. The lowest BCUT2D eigenvalue weighted by Crippen LogP contribution is -2.29. The molecule has 38 heavy (non-hydrogen) atoms. The van der Waals surface area contributed by atoms with Crippen molar-refractivity contribution in [2.45, 2.75) is 38.8 Å². The Labute approximate surface area is 222 Å². The maximum Gasteiger partial charge on any atom is 0.295 e. The number of fused-ring (bicyclic) bond motifs is 1. The van der Waals surface area contributed by atoms with Crippen LogP contribution in [0.25, 0.3) is 5.76 Å². The zero-order valence-corrected chi connectivity index (χ0v) is 21.4. The van der Waals surface area contributed by atoms with Crippen LogP contribution in [0.2, 0.25) is 0 Å². The first kappa shape index (κ1) is 25.4. The van der Waals surface area contributed by atoms with Gasteiger partial charge in [-0.05, 0) is 47.9 Å². The van der Waals surface area contributed by atoms with E-state index in [4.69, 9.17) is 14.2 Å². The van der Waals surface area contributed by atoms with Gasteiger partial charge in [-0.15, -0.1) is 0 Å². The molecule has 0 aliphatic carbocycles. The molecule has 3 aromatic rings. The van der Waals surface area contributed by atoms with Gasteiger partial charge in [-0.25, -0.2) is 0 Å². The van der Waals surface area contributed by atoms with Gasteiger partial charge < -0.3 is 24.2 Å². The highest BCUT2D eigenvalue weighted by molar-refractivity contribution is 6.46. The van der Waals surface area contributed by atoms with Crippen LogP contribution in [0, 0.1) is 0 Å². The third-order valence-electron chi connectivity index (χ3n) is 6.74. The van der Waals surface area contributed by atoms with E-state index in [0.29, 0.717) is 48.2 Å². The number of hydrogen-bond donors (Lipinski definition) is 1. The summed E-state index contributed by atoms with van der Waals surface area (Å²) in [5.41, 5.74) is 1.98. The molecule has 1 saturated heterocycles. The number of ketones is 1. The van der Waals surface area contributed by atoms with Crippen molar-refractivity contribution in [2.24, 2.45) is 0 Å². The maximum atomic E-state index is 13.4. The maximum absolute atomic E-state index is 13.4. The van der Waals surface area contributed by atoms with Crippen molar-refractivity contribution in [1.29, 1.82) is 0 Å². The molecular formula is C31H31NO6. The molecule has 2 heterocycles. The number of rotatable bonds is 9. The summed E-state index contributed by atoms with van der Waals surface area (Å²) in [4.78, 5) is 28.3. The molecule has 3 aromatic carbocycles. The lowest BCUT2D eigenvalue weighted by molar-refractivity contribution is -0.140. The molecule has 1 atom stereocenters. The molecule has 2 aliphatic rings. The fraction of sp³-hybridized carbons (Fsp3) is 0.290. The summed E-state index contributed by atoms with van der Waals surface area (Å²) in [7, 11) is 0. The molecule has 1 amide bonds. The van der Waals surface area contributed by atoms with E-state index in [-0.39, 0.29) is 17.9 Å². The summed E-state index contributed by atoms with van der Waals surface area (Å²) >= 11 is 0. The van der Waals surface area contributed by atoms with Gasteiger partial charge in [0, 0.05) is 12.1 Å². The first-order chi connectivity index (χ1) is 18.6. The Hall–Kier alpha value is -4.26. The predicted octanol–water partition coefficient (Wildman–Crippen LogP) is 5.65. The first-order valence-corrected chi connectivity index (χ1v) is 13.0. The van der Waals surface area contributed by atoms with Gasteiger partial charge in [0.25, 0.3) is 11.7 Å². The third-order valence-corrected chi connectivity index (χ3v) is 6.74. The zero-order valence-electron chi connectivity index (χ0n) is 21.4. The van der Waals surface area contributed by atoms with Gasteiger partial charge in [0.15, 0.2) is 11.5 Å². The van der Waals surface area contributed by atoms with Crippen LogP contribution in [0.3, 0.4) is 0 Å². The second-order valence-corrected chi connectivity index (χ2v) is 9.40. The minimum absolute atomic E-state index is 0.0331. The first-order valence-electron chi connectivity index (χ1n) is 13.0. The van der Waals surface area contributed by atoms with Crippen molar-refractivity contribution >= 4 is 17.4 Å². The number of hydrogen-bond acceptors (Lipinski definition) is 6. The quantitative estimate of drug-likeness (QED) is 0.172. The monoisotopic (exact) mass is 513 g/mol. The molecule has 0 radical (unpaired) electrons. The summed E-state index contributed by atoms with van der Waals surface area (Å²) in [5.74, 6) is 0.0674. The molecule has 7 nitrogen and oxygen atoms in total. The van der Waals surface area contributed by atoms with E-state index in [1.165, 1.54) is 4.90 Å². The average Bonchev–Trinajstić information content (AvgIpc) is 3.20. The van der Waals surface area contributed by atoms with Gasteiger partial charge in [-0.2, -0.15) is 0 Å². The smallest absolute Gasteiger partial charge is 0.295 e. The van der Waals surface area contributed by atoms with Gasteiger partial charge >= 0.3 is 0 Å². The van der Waals surface area contributed by atoms with Gasteiger partial charge in [0.1, 0.15) is 24.7 Å². The number of carbonyl (C=O) groups is 2. The molecular weight excluding hydrogens is 482 g/mol. The number of unbranched alkanes of at least 4 members (excludes halogenated alkanes) is 2. The standard InChI is InChI=1S/C31H31NO6/c1-2-3-7-15-36-24-12-8-11-22(18-24)28-27(29(33)23-13-14-25-26(19-23)38-17-16-37-25)30(34)31(35)32(28)20-21-9-5-4-6-10-21/h4-6,8-14,18-19,28,33H,2-3,7,15-17,20H2,1H3. The van der Waals surface area contributed by atoms with Crippen LogP contribution < -0.4 is 14.2 Å². The van der Waals surface area contributed by atoms with Gasteiger partial charge in [-0.1, -0.05) is 62.2 Å². The molecule has 7 heteroatoms. The molecule has 2 aliphatic heterocycles. The molecule has 196 valence electrons. The molecule has 5 rings (SSSR count). The van der Waals surface area contributed by atoms with Crippen molar-refractivity contribution < 1.29 is 28.9 Å². The van der Waals surface area contributed by atoms with Crippen LogP contribution in [0.1, 0.15) is 48.9 Å². The number of carbonyl (C=O) groups excluding carboxylic acids is 2. The van der Waals surface area contributed by atoms with Crippen LogP contribution in [0.4, 0.5) is 0 Å². The summed E-state index contributed by atoms with van der Waals surface area (Å²) in [6, 6.07) is 21.1. The Balaban J connectivity index is 1.56. The number of amides is 1. The molecule has 0 bridgehead atoms. The lowest BCUT2D eigenvalue weighted by Gasteiger charge is -2.26. The van der Waals surface area contributed by atoms with Crippen LogP contribution in [0.5, 0.6) is 17.2 Å². The van der Waals surface area contributed by atoms with E-state index in [1.54, 1.807) is 18.2 Å². The highest BCUT2D eigenvalue weighted by Gasteiger charge is 2.46. The SMILES string of the molecule is CCCCCOc1cccc(C2C(=C(O)c3ccc4c(c3)OCCO4)C(=O)C(=O)N2Cc2ccccc2)c1. The molecule has 0 aromatic heterocycles. The van der Waals surface area contributed by atoms with Crippen molar-refractivity contribution in [2.75, 3.05) is 19.8 Å². The highest BCUT2D eigenvalue weighted by Crippen LogP contribution is 2.42. The number of nitrogens with zero attached hydrogens (tertiary/aromatic N) is 1. The second-order valence-electron chi connectivity index (χ2n) is 9.40. The number of ether oxygens (including phenoxy) is 3. The van der Waals surface area contributed by atoms with Crippen molar-refractivity contribution in [3.8, 4) is 17.2 Å². The highest BCUT2D eigenvalue weighted by atomic mass is 16.6. The molecule has 0 spiro atoms. The Morgan fingerprint density at radius 3 is 2.53 bits per heavy atom. The van der Waals surface area contributed by atoms with E-state index in [9.17, 15) is 14.7 Å². The summed E-state index contributed by atoms with van der Waals surface area (Å²) in [6.45, 7) is 3.77. The number of aliphatic hydroxyl groups excluding tert-OH is 1. The largest absolute Gasteiger partial charge is 0.507 e. The van der Waals surface area contributed by atoms with Gasteiger partial charge in [-0.3, -0.25) is 9.59 Å². The second kappa shape index (κ2) is 11.4. The van der Waals surface area contributed by atoms with E-state index in [0.717, 1.165) is 24.8 Å². The van der Waals surface area contributed by atoms with E-state index >= 15 is 0 Å². The minimum atomic E-state index is -0.789. The van der Waals surface area contributed by atoms with Crippen molar-refractivity contribution in [1.82, 2.24) is 4.90 Å². The number of benzene rings is 3. The van der Waals surface area contributed by atoms with Gasteiger partial charge in [0.05, 0.1) is 18.2 Å². The van der Waals surface area contributed by atoms with Crippen LogP contribution in [-0.4, -0.2) is 41.5 Å². The number of Topliss-reactive ketones (excluding diaryl/α,β-unsaturated/α-hetero) is 1. The van der Waals surface area contributed by atoms with E-state index < -0.39 is 17.7 Å². The normalized spacial score (nSPS) is 18.0. The van der Waals surface area contributed by atoms with Crippen LogP contribution in [-0.2, 0) is 16.1 Å². The predicted molar refractivity (Wildman–Crippen MR) is 143 cm³/mol. The van der Waals surface area contributed by atoms with E-state index in [2.05, 4.69) is 6.92 Å². The Morgan fingerprint density at radius 1 is 0.947 bits per heavy atom. The third kappa shape index (κ3) is 5.23. The molecule has 1 unspecified atom stereocenters. The molecule has 1 N–H and O–H groups in total. The minimum Gasteiger partial charge on any atom is -0.507 e. The average molecular weight is 514 g/mol. The topological polar surface area (TPSA) is 85.3 Å². The number of aliphatic hydroxyl groups is 1.